The van der Waals surface area contributed by atoms with Crippen LogP contribution in [-0.2, 0) is 20.0 Å². The van der Waals surface area contributed by atoms with E-state index in [1.54, 1.807) is 12.1 Å². The molecule has 0 radical (unpaired) electrons. The van der Waals surface area contributed by atoms with Crippen LogP contribution >= 0.6 is 0 Å². The molecule has 0 amide bonds. The van der Waals surface area contributed by atoms with Crippen molar-refractivity contribution in [2.45, 2.75) is 33.2 Å². The van der Waals surface area contributed by atoms with E-state index in [1.165, 1.54) is 0 Å². The minimum atomic E-state index is -0.921. The van der Waals surface area contributed by atoms with Crippen molar-refractivity contribution in [3.05, 3.63) is 138 Å². The Balaban J connectivity index is 0.000000206. The minimum Gasteiger partial charge on any atom is -0.478 e. The highest BCUT2D eigenvalue weighted by Crippen LogP contribution is 2.32. The molecule has 0 saturated heterocycles. The van der Waals surface area contributed by atoms with Gasteiger partial charge >= 0.3 is 5.97 Å². The van der Waals surface area contributed by atoms with Gasteiger partial charge in [0, 0.05) is 31.1 Å². The van der Waals surface area contributed by atoms with Crippen molar-refractivity contribution in [2.75, 3.05) is 17.2 Å². The number of nitrogen functional groups attached to an aromatic ring is 3. The lowest BCUT2D eigenvalue weighted by Crippen LogP contribution is -2.06. The van der Waals surface area contributed by atoms with E-state index in [4.69, 9.17) is 27.2 Å². The van der Waals surface area contributed by atoms with Crippen LogP contribution in [0.4, 0.5) is 17.6 Å². The van der Waals surface area contributed by atoms with E-state index >= 15 is 0 Å². The smallest absolute Gasteiger partial charge is 0.336 e. The molecular weight excluding hydrogens is 727 g/mol. The second-order valence-electron chi connectivity index (χ2n) is 14.0. The molecule has 0 atom stereocenters. The first kappa shape index (κ1) is 37.3. The van der Waals surface area contributed by atoms with E-state index in [-0.39, 0.29) is 17.6 Å². The largest absolute Gasteiger partial charge is 0.478 e. The Morgan fingerprint density at radius 1 is 0.690 bits per heavy atom. The number of carbonyl (C=O) groups is 1. The van der Waals surface area contributed by atoms with Crippen molar-refractivity contribution in [3.8, 4) is 33.8 Å². The van der Waals surface area contributed by atoms with Crippen molar-refractivity contribution in [2.24, 2.45) is 7.05 Å². The molecule has 0 fully saturated rings. The monoisotopic (exact) mass is 767 g/mol. The average Bonchev–Trinajstić information content (AvgIpc) is 3.75. The molecule has 9 rings (SSSR count). The Morgan fingerprint density at radius 3 is 2.16 bits per heavy atom. The average molecular weight is 768 g/mol. The van der Waals surface area contributed by atoms with Gasteiger partial charge in [-0.05, 0) is 65.9 Å². The van der Waals surface area contributed by atoms with Crippen molar-refractivity contribution in [3.63, 3.8) is 0 Å². The molecule has 13 heteroatoms. The van der Waals surface area contributed by atoms with Crippen LogP contribution in [0.25, 0.3) is 67.0 Å². The van der Waals surface area contributed by atoms with Gasteiger partial charge in [-0.15, -0.1) is 0 Å². The normalized spacial score (nSPS) is 11.2. The first-order valence-electron chi connectivity index (χ1n) is 18.8. The summed E-state index contributed by atoms with van der Waals surface area (Å²) in [6.07, 6.45) is 1.89. The summed E-state index contributed by atoms with van der Waals surface area (Å²) in [4.78, 5) is 38.1. The summed E-state index contributed by atoms with van der Waals surface area (Å²) in [6, 6.07) is 37.4. The maximum absolute atomic E-state index is 11.7. The number of hydrogen-bond acceptors (Lipinski definition) is 10. The van der Waals surface area contributed by atoms with Gasteiger partial charge in [-0.25, -0.2) is 24.7 Å². The van der Waals surface area contributed by atoms with Gasteiger partial charge in [0.2, 0.25) is 5.95 Å². The topological polar surface area (TPSA) is 203 Å². The fraction of sp³-hybridized carbons (Fsp3) is 0.133. The van der Waals surface area contributed by atoms with Gasteiger partial charge in [0.05, 0.1) is 27.6 Å². The summed E-state index contributed by atoms with van der Waals surface area (Å²) in [5, 5.41) is 9.60. The van der Waals surface area contributed by atoms with E-state index in [9.17, 15) is 9.90 Å². The molecule has 0 saturated carbocycles. The van der Waals surface area contributed by atoms with Gasteiger partial charge in [0.25, 0.3) is 0 Å². The third-order valence-corrected chi connectivity index (χ3v) is 10.1. The molecule has 0 aliphatic carbocycles. The Hall–Kier alpha value is -7.67. The van der Waals surface area contributed by atoms with E-state index in [0.29, 0.717) is 29.0 Å². The molecule has 4 aromatic heterocycles. The maximum atomic E-state index is 11.7. The molecule has 13 nitrogen and oxygen atoms in total. The Bertz CT molecular complexity index is 2970. The highest BCUT2D eigenvalue weighted by Gasteiger charge is 2.18. The predicted molar refractivity (Wildman–Crippen MR) is 230 cm³/mol. The van der Waals surface area contributed by atoms with Crippen molar-refractivity contribution < 1.29 is 9.90 Å². The number of para-hydroxylation sites is 2. The molecule has 9 aromatic rings. The van der Waals surface area contributed by atoms with E-state index in [1.807, 2.05) is 72.8 Å². The second kappa shape index (κ2) is 15.5. The van der Waals surface area contributed by atoms with Gasteiger partial charge in [-0.1, -0.05) is 91.9 Å². The minimum absolute atomic E-state index is 0.0474. The maximum Gasteiger partial charge on any atom is 0.336 e. The number of rotatable bonds is 8. The summed E-state index contributed by atoms with van der Waals surface area (Å²) in [5.41, 5.74) is 28.7. The predicted octanol–water partition coefficient (Wildman–Crippen LogP) is 8.10. The Kier molecular flexibility index (Phi) is 9.93. The van der Waals surface area contributed by atoms with Crippen molar-refractivity contribution in [1.82, 2.24) is 39.0 Å². The molecule has 0 aliphatic rings. The number of nitrogens with two attached hydrogens (primary N) is 3. The van der Waals surface area contributed by atoms with E-state index < -0.39 is 5.97 Å². The molecule has 0 spiro atoms. The summed E-state index contributed by atoms with van der Waals surface area (Å²) in [5.74, 6) is 1.59. The third-order valence-electron chi connectivity index (χ3n) is 10.1. The number of aromatic nitrogens is 8. The number of anilines is 3. The van der Waals surface area contributed by atoms with Crippen molar-refractivity contribution >= 4 is 56.8 Å². The van der Waals surface area contributed by atoms with Crippen LogP contribution in [-0.4, -0.2) is 50.1 Å². The van der Waals surface area contributed by atoms with Crippen LogP contribution < -0.4 is 17.2 Å². The molecule has 7 N–H and O–H groups in total. The summed E-state index contributed by atoms with van der Waals surface area (Å²) >= 11 is 0. The summed E-state index contributed by atoms with van der Waals surface area (Å²) in [6.45, 7) is 4.98. The fourth-order valence-corrected chi connectivity index (χ4v) is 7.27. The molecule has 58 heavy (non-hydrogen) atoms. The standard InChI is InChI=1S/C33H30N4O2.C12H11N7/c1-4-9-30-35-31-21(2)18-24(32-34-27-12-7-8-13-28(27)36(32)3)19-29(31)37(30)20-22-14-16-23(17-15-22)25-10-5-6-11-26(25)33(38)39;13-9-7(6-4-2-1-3-5-6)16-8-10(14)18-12(15)19-11(8)17-9/h5-8,10-19H,4,9,20H2,1-3H3,(H,38,39);1-5H,(H6,13,14,15,17,18,19). The first-order valence-corrected chi connectivity index (χ1v) is 18.8. The van der Waals surface area contributed by atoms with Gasteiger partial charge in [-0.3, -0.25) is 0 Å². The molecule has 0 unspecified atom stereocenters. The van der Waals surface area contributed by atoms with Crippen LogP contribution in [0, 0.1) is 6.92 Å². The number of benzene rings is 5. The number of imidazole rings is 2. The Morgan fingerprint density at radius 2 is 1.41 bits per heavy atom. The van der Waals surface area contributed by atoms with Gasteiger partial charge in [-0.2, -0.15) is 9.97 Å². The number of aryl methyl sites for hydroxylation is 3. The number of aromatic carboxylic acids is 1. The van der Waals surface area contributed by atoms with Gasteiger partial charge in [0.15, 0.2) is 22.8 Å². The zero-order valence-corrected chi connectivity index (χ0v) is 32.3. The quantitative estimate of drug-likeness (QED) is 0.116. The number of hydrogen-bond donors (Lipinski definition) is 4. The van der Waals surface area contributed by atoms with Crippen LogP contribution in [0.5, 0.6) is 0 Å². The zero-order valence-electron chi connectivity index (χ0n) is 32.3. The molecule has 0 aliphatic heterocycles. The van der Waals surface area contributed by atoms with Crippen LogP contribution in [0.2, 0.25) is 0 Å². The zero-order chi connectivity index (χ0) is 40.5. The first-order chi connectivity index (χ1) is 28.1. The Labute approximate surface area is 333 Å². The summed E-state index contributed by atoms with van der Waals surface area (Å²) < 4.78 is 4.47. The lowest BCUT2D eigenvalue weighted by atomic mass is 9.98. The lowest BCUT2D eigenvalue weighted by molar-refractivity contribution is 0.0697. The lowest BCUT2D eigenvalue weighted by Gasteiger charge is -2.12. The number of carboxylic acid groups (broad SMARTS) is 1. The van der Waals surface area contributed by atoms with Crippen LogP contribution in [0.15, 0.2) is 115 Å². The van der Waals surface area contributed by atoms with Crippen LogP contribution in [0.1, 0.15) is 40.7 Å². The van der Waals surface area contributed by atoms with Crippen LogP contribution in [0.3, 0.4) is 0 Å². The number of nitrogens with zero attached hydrogens (tertiary/aromatic N) is 8. The van der Waals surface area contributed by atoms with Gasteiger partial charge < -0.3 is 31.4 Å². The molecule has 288 valence electrons. The van der Waals surface area contributed by atoms with Crippen molar-refractivity contribution in [1.29, 1.82) is 0 Å². The number of carboxylic acids is 1. The van der Waals surface area contributed by atoms with Gasteiger partial charge in [0.1, 0.15) is 17.3 Å². The molecular formula is C45H41N11O2. The molecule has 5 aromatic carbocycles. The molecule has 4 heterocycles. The fourth-order valence-electron chi connectivity index (χ4n) is 7.27. The number of fused-ring (bicyclic) bond motifs is 3. The molecule has 0 bridgehead atoms. The summed E-state index contributed by atoms with van der Waals surface area (Å²) in [7, 11) is 2.06. The second-order valence-corrected chi connectivity index (χ2v) is 14.0. The highest BCUT2D eigenvalue weighted by atomic mass is 16.4. The SMILES string of the molecule is CCCc1nc2c(C)cc(-c3nc4ccccc4n3C)cc2n1Cc1ccc(-c2ccccc2C(=O)O)cc1.Nc1nc(N)c2nc(-c3ccccc3)c(N)nc2n1. The van der Waals surface area contributed by atoms with E-state index in [0.717, 1.165) is 79.9 Å². The van der Waals surface area contributed by atoms with E-state index in [2.05, 4.69) is 80.3 Å². The third kappa shape index (κ3) is 7.12. The highest BCUT2D eigenvalue weighted by molar-refractivity contribution is 5.96.